The van der Waals surface area contributed by atoms with Gasteiger partial charge in [-0.3, -0.25) is 0 Å². The van der Waals surface area contributed by atoms with Crippen LogP contribution >= 0.6 is 0 Å². The van der Waals surface area contributed by atoms with Gasteiger partial charge in [-0.1, -0.05) is 170 Å². The number of benzene rings is 2. The molecular weight excluding hydrogens is 713 g/mol. The van der Waals surface area contributed by atoms with E-state index in [-0.39, 0.29) is 21.6 Å². The summed E-state index contributed by atoms with van der Waals surface area (Å²) in [5.41, 5.74) is 2.81. The first kappa shape index (κ1) is 46.6. The highest BCUT2D eigenvalue weighted by Crippen LogP contribution is 2.49. The minimum atomic E-state index is -2.53. The molecule has 3 rings (SSSR count). The van der Waals surface area contributed by atoms with E-state index in [1.165, 1.54) is 15.9 Å². The van der Waals surface area contributed by atoms with Gasteiger partial charge in [0, 0.05) is 25.0 Å². The molecule has 1 aliphatic rings. The lowest BCUT2D eigenvalue weighted by atomic mass is 9.67. The van der Waals surface area contributed by atoms with Crippen LogP contribution in [0.5, 0.6) is 0 Å². The molecule has 302 valence electrons. The SMILES string of the molecule is CC(C)[Si](O[C@H]1C=C(COCC#CCCCO[Si](c2ccccc2)(c2ccccc2)C(C)(C)C)[C@](C)(CO[Si](C)(C)C(C)(C)C)[C@@H](C)C1)(C(C)C)C(C)C. The lowest BCUT2D eigenvalue weighted by Gasteiger charge is -2.49. The van der Waals surface area contributed by atoms with Crippen molar-refractivity contribution in [3.63, 3.8) is 0 Å². The molecule has 2 aromatic carbocycles. The first-order valence-electron chi connectivity index (χ1n) is 20.9. The van der Waals surface area contributed by atoms with Crippen LogP contribution in [-0.2, 0) is 18.0 Å². The second kappa shape index (κ2) is 19.1. The van der Waals surface area contributed by atoms with Crippen molar-refractivity contribution >= 4 is 35.3 Å². The van der Waals surface area contributed by atoms with E-state index >= 15 is 0 Å². The zero-order valence-electron chi connectivity index (χ0n) is 37.3. The predicted octanol–water partition coefficient (Wildman–Crippen LogP) is 11.9. The van der Waals surface area contributed by atoms with Gasteiger partial charge in [0.1, 0.15) is 6.61 Å². The van der Waals surface area contributed by atoms with Crippen LogP contribution in [0.4, 0.5) is 0 Å². The zero-order valence-corrected chi connectivity index (χ0v) is 40.3. The standard InChI is InChI=1S/C47H78O4Si3/c1-37(2)53(38(3)4,39(5)6)51-42-33-40(7)47(14,36-50-52(15,16)45(8,9)10)41(34-42)35-48-31-25-17-18-26-32-49-54(46(11,12)13,43-27-21-19-22-28-43)44-29-23-20-24-30-44/h19-24,27-30,34,37-40,42H,18,26,31-33,35-36H2,1-16H3/t40-,42+,47+/m0/s1. The van der Waals surface area contributed by atoms with Crippen molar-refractivity contribution in [3.8, 4) is 11.8 Å². The zero-order chi connectivity index (χ0) is 40.6. The molecule has 0 saturated carbocycles. The molecule has 0 fully saturated rings. The van der Waals surface area contributed by atoms with Crippen LogP contribution in [0, 0.1) is 23.2 Å². The van der Waals surface area contributed by atoms with E-state index in [2.05, 4.69) is 189 Å². The quantitative estimate of drug-likeness (QED) is 0.0692. The molecule has 7 heteroatoms. The van der Waals surface area contributed by atoms with E-state index in [4.69, 9.17) is 18.0 Å². The average Bonchev–Trinajstić information content (AvgIpc) is 3.08. The van der Waals surface area contributed by atoms with Crippen LogP contribution in [0.15, 0.2) is 72.3 Å². The van der Waals surface area contributed by atoms with Crippen LogP contribution in [0.2, 0.25) is 39.8 Å². The average molecular weight is 791 g/mol. The summed E-state index contributed by atoms with van der Waals surface area (Å²) in [6, 6.07) is 21.7. The first-order valence-corrected chi connectivity index (χ1v) is 27.8. The summed E-state index contributed by atoms with van der Waals surface area (Å²) in [5.74, 6) is 7.13. The maximum absolute atomic E-state index is 7.38. The normalized spacial score (nSPS) is 20.3. The summed E-state index contributed by atoms with van der Waals surface area (Å²) in [6.07, 6.45) is 5.20. The van der Waals surface area contributed by atoms with Crippen molar-refractivity contribution in [1.82, 2.24) is 0 Å². The third-order valence-electron chi connectivity index (χ3n) is 13.1. The Morgan fingerprint density at radius 1 is 0.759 bits per heavy atom. The summed E-state index contributed by atoms with van der Waals surface area (Å²) in [7, 11) is -6.53. The highest BCUT2D eigenvalue weighted by molar-refractivity contribution is 6.99. The molecule has 2 aromatic rings. The van der Waals surface area contributed by atoms with Crippen LogP contribution in [0.25, 0.3) is 0 Å². The Morgan fingerprint density at radius 3 is 1.74 bits per heavy atom. The van der Waals surface area contributed by atoms with Crippen molar-refractivity contribution in [1.29, 1.82) is 0 Å². The van der Waals surface area contributed by atoms with Gasteiger partial charge in [0.15, 0.2) is 8.32 Å². The van der Waals surface area contributed by atoms with E-state index in [9.17, 15) is 0 Å². The summed E-state index contributed by atoms with van der Waals surface area (Å²) in [4.78, 5) is 0. The van der Waals surface area contributed by atoms with Gasteiger partial charge in [-0.25, -0.2) is 0 Å². The van der Waals surface area contributed by atoms with Gasteiger partial charge in [-0.05, 0) is 74.5 Å². The molecule has 4 nitrogen and oxygen atoms in total. The fraction of sp³-hybridized carbons (Fsp3) is 0.660. The van der Waals surface area contributed by atoms with Gasteiger partial charge in [0.2, 0.25) is 8.32 Å². The second-order valence-corrected chi connectivity index (χ2v) is 34.3. The molecule has 0 spiro atoms. The topological polar surface area (TPSA) is 36.9 Å². The number of hydrogen-bond acceptors (Lipinski definition) is 4. The maximum atomic E-state index is 7.38. The van der Waals surface area contributed by atoms with E-state index in [0.29, 0.717) is 49.0 Å². The maximum Gasteiger partial charge on any atom is 0.261 e. The monoisotopic (exact) mass is 791 g/mol. The smallest absolute Gasteiger partial charge is 0.261 e. The van der Waals surface area contributed by atoms with Crippen LogP contribution in [0.1, 0.15) is 116 Å². The van der Waals surface area contributed by atoms with Crippen LogP contribution in [-0.4, -0.2) is 57.5 Å². The van der Waals surface area contributed by atoms with Crippen molar-refractivity contribution in [2.75, 3.05) is 26.4 Å². The van der Waals surface area contributed by atoms with Gasteiger partial charge < -0.3 is 18.0 Å². The molecule has 0 heterocycles. The van der Waals surface area contributed by atoms with E-state index in [0.717, 1.165) is 19.3 Å². The summed E-state index contributed by atoms with van der Waals surface area (Å²) < 4.78 is 27.8. The van der Waals surface area contributed by atoms with Crippen LogP contribution in [0.3, 0.4) is 0 Å². The fourth-order valence-corrected chi connectivity index (χ4v) is 19.9. The van der Waals surface area contributed by atoms with Crippen molar-refractivity contribution in [2.45, 2.75) is 162 Å². The molecule has 0 unspecified atom stereocenters. The van der Waals surface area contributed by atoms with E-state index in [1.807, 2.05) is 0 Å². The van der Waals surface area contributed by atoms with Crippen molar-refractivity contribution < 1.29 is 18.0 Å². The van der Waals surface area contributed by atoms with Crippen LogP contribution < -0.4 is 10.4 Å². The lowest BCUT2D eigenvalue weighted by molar-refractivity contribution is 0.0572. The van der Waals surface area contributed by atoms with Gasteiger partial charge >= 0.3 is 0 Å². The predicted molar refractivity (Wildman–Crippen MR) is 240 cm³/mol. The summed E-state index contributed by atoms with van der Waals surface area (Å²) in [5, 5.41) is 2.76. The summed E-state index contributed by atoms with van der Waals surface area (Å²) in [6.45, 7) is 40.1. The highest BCUT2D eigenvalue weighted by Gasteiger charge is 2.51. The van der Waals surface area contributed by atoms with E-state index < -0.39 is 25.0 Å². The molecule has 0 radical (unpaired) electrons. The minimum absolute atomic E-state index is 0.0309. The molecule has 0 amide bonds. The lowest BCUT2D eigenvalue weighted by Crippen LogP contribution is -2.66. The first-order chi connectivity index (χ1) is 25.1. The Balaban J connectivity index is 1.74. The van der Waals surface area contributed by atoms with Gasteiger partial charge in [0.05, 0.1) is 12.7 Å². The number of ether oxygens (including phenoxy) is 1. The van der Waals surface area contributed by atoms with Crippen molar-refractivity contribution in [3.05, 3.63) is 72.3 Å². The largest absolute Gasteiger partial charge is 0.416 e. The summed E-state index contributed by atoms with van der Waals surface area (Å²) >= 11 is 0. The minimum Gasteiger partial charge on any atom is -0.416 e. The number of hydrogen-bond donors (Lipinski definition) is 0. The van der Waals surface area contributed by atoms with Gasteiger partial charge in [0.25, 0.3) is 8.32 Å². The van der Waals surface area contributed by atoms with E-state index in [1.54, 1.807) is 0 Å². The molecule has 3 atom stereocenters. The Hall–Kier alpha value is -1.77. The molecule has 0 bridgehead atoms. The Labute approximate surface area is 336 Å². The highest BCUT2D eigenvalue weighted by atomic mass is 28.4. The Morgan fingerprint density at radius 2 is 1.28 bits per heavy atom. The third kappa shape index (κ3) is 10.6. The molecule has 0 aliphatic heterocycles. The van der Waals surface area contributed by atoms with Crippen molar-refractivity contribution in [2.24, 2.45) is 11.3 Å². The Kier molecular flexibility index (Phi) is 16.5. The second-order valence-electron chi connectivity index (χ2n) is 19.7. The van der Waals surface area contributed by atoms with Gasteiger partial charge in [-0.15, -0.1) is 5.92 Å². The number of unbranched alkanes of at least 4 members (excludes halogenated alkanes) is 1. The molecule has 54 heavy (non-hydrogen) atoms. The molecule has 0 aromatic heterocycles. The molecular formula is C47H78O4Si3. The van der Waals surface area contributed by atoms with Gasteiger partial charge in [-0.2, -0.15) is 0 Å². The fourth-order valence-electron chi connectivity index (χ4n) is 8.65. The molecule has 0 saturated heterocycles. The number of rotatable bonds is 17. The third-order valence-corrected chi connectivity index (χ3v) is 28.8. The Bertz CT molecular complexity index is 1460. The molecule has 1 aliphatic carbocycles. The molecule has 0 N–H and O–H groups in total.